The Morgan fingerprint density at radius 3 is 2.00 bits per heavy atom. The van der Waals surface area contributed by atoms with Gasteiger partial charge in [0.05, 0.1) is 0 Å². The minimum atomic E-state index is -0.805. The molecule has 92 valence electrons. The Hall–Kier alpha value is -1.63. The monoisotopic (exact) mass is 234 g/mol. The first-order valence-electron chi connectivity index (χ1n) is 4.52. The van der Waals surface area contributed by atoms with Crippen molar-refractivity contribution in [2.24, 2.45) is 0 Å². The summed E-state index contributed by atoms with van der Waals surface area (Å²) in [5.41, 5.74) is 0. The Morgan fingerprint density at radius 2 is 1.56 bits per heavy atom. The van der Waals surface area contributed by atoms with Gasteiger partial charge in [0.25, 0.3) is 0 Å². The van der Waals surface area contributed by atoms with Crippen LogP contribution in [0.3, 0.4) is 0 Å². The van der Waals surface area contributed by atoms with Crippen LogP contribution in [0.5, 0.6) is 0 Å². The Bertz CT molecular complexity index is 261. The molecule has 0 saturated heterocycles. The smallest absolute Gasteiger partial charge is 0.339 e. The predicted molar refractivity (Wildman–Crippen MR) is 49.9 cm³/mol. The van der Waals surface area contributed by atoms with Crippen LogP contribution in [-0.4, -0.2) is 37.2 Å². The van der Waals surface area contributed by atoms with Crippen molar-refractivity contribution in [1.82, 2.24) is 0 Å². The van der Waals surface area contributed by atoms with Crippen molar-refractivity contribution < 1.29 is 33.6 Å². The van der Waals surface area contributed by atoms with Gasteiger partial charge in [-0.05, 0) is 0 Å². The lowest BCUT2D eigenvalue weighted by atomic mass is 10.4. The highest BCUT2D eigenvalue weighted by Crippen LogP contribution is 1.97. The summed E-state index contributed by atoms with van der Waals surface area (Å²) in [5.74, 6) is -1.69. The van der Waals surface area contributed by atoms with E-state index in [0.29, 0.717) is 0 Å². The van der Waals surface area contributed by atoms with Gasteiger partial charge in [-0.3, -0.25) is 14.5 Å². The zero-order valence-electron chi connectivity index (χ0n) is 9.35. The molecule has 7 heteroatoms. The molecule has 0 aromatic rings. The van der Waals surface area contributed by atoms with Gasteiger partial charge in [0.2, 0.25) is 0 Å². The summed E-state index contributed by atoms with van der Waals surface area (Å²) in [6.45, 7) is 3.22. The Kier molecular flexibility index (Phi) is 6.86. The van der Waals surface area contributed by atoms with E-state index in [4.69, 9.17) is 4.74 Å². The quantitative estimate of drug-likeness (QED) is 0.362. The van der Waals surface area contributed by atoms with Gasteiger partial charge < -0.3 is 9.47 Å². The molecular formula is C9H14O7. The first kappa shape index (κ1) is 14.4. The van der Waals surface area contributed by atoms with Gasteiger partial charge in [-0.25, -0.2) is 4.79 Å². The van der Waals surface area contributed by atoms with Crippen LogP contribution < -0.4 is 0 Å². The number of hydrogen-bond donors (Lipinski definition) is 0. The minimum Gasteiger partial charge on any atom is -0.462 e. The lowest BCUT2D eigenvalue weighted by Gasteiger charge is -2.15. The summed E-state index contributed by atoms with van der Waals surface area (Å²) >= 11 is 0. The first-order valence-corrected chi connectivity index (χ1v) is 4.52. The summed E-state index contributed by atoms with van der Waals surface area (Å²) in [6, 6.07) is 0. The second-order valence-electron chi connectivity index (χ2n) is 2.89. The second kappa shape index (κ2) is 7.63. The normalized spacial score (nSPS) is 11.4. The zero-order valence-corrected chi connectivity index (χ0v) is 9.35. The van der Waals surface area contributed by atoms with Gasteiger partial charge in [-0.1, -0.05) is 0 Å². The number of carbonyl (C=O) groups excluding carboxylic acids is 3. The van der Waals surface area contributed by atoms with Gasteiger partial charge in [-0.15, -0.1) is 0 Å². The van der Waals surface area contributed by atoms with Gasteiger partial charge >= 0.3 is 17.9 Å². The highest BCUT2D eigenvalue weighted by atomic mass is 17.2. The van der Waals surface area contributed by atoms with E-state index in [-0.39, 0.29) is 13.2 Å². The third-order valence-corrected chi connectivity index (χ3v) is 1.24. The standard InChI is InChI=1S/C9H14O7/c1-6(10)13-4-9(15-7(2)11)5-14-16-8(3)12/h9H,4-5H2,1-3H3. The Morgan fingerprint density at radius 1 is 0.938 bits per heavy atom. The van der Waals surface area contributed by atoms with Crippen molar-refractivity contribution in [3.8, 4) is 0 Å². The number of esters is 2. The van der Waals surface area contributed by atoms with Crippen LogP contribution in [0.1, 0.15) is 20.8 Å². The maximum absolute atomic E-state index is 10.7. The van der Waals surface area contributed by atoms with Crippen molar-refractivity contribution >= 4 is 17.9 Å². The van der Waals surface area contributed by atoms with E-state index in [9.17, 15) is 14.4 Å². The molecule has 0 aliphatic heterocycles. The van der Waals surface area contributed by atoms with Crippen molar-refractivity contribution in [2.75, 3.05) is 13.2 Å². The molecule has 0 radical (unpaired) electrons. The summed E-state index contributed by atoms with van der Waals surface area (Å²) in [5, 5.41) is 0. The van der Waals surface area contributed by atoms with E-state index in [2.05, 4.69) is 14.5 Å². The van der Waals surface area contributed by atoms with Gasteiger partial charge in [0.15, 0.2) is 6.10 Å². The molecule has 0 aromatic carbocycles. The SMILES string of the molecule is CC(=O)OCC(COOC(C)=O)OC(C)=O. The van der Waals surface area contributed by atoms with Crippen LogP contribution in [0, 0.1) is 0 Å². The van der Waals surface area contributed by atoms with E-state index < -0.39 is 24.0 Å². The molecule has 0 aliphatic rings. The van der Waals surface area contributed by atoms with Crippen LogP contribution in [0.15, 0.2) is 0 Å². The third-order valence-electron chi connectivity index (χ3n) is 1.24. The maximum atomic E-state index is 10.7. The largest absolute Gasteiger partial charge is 0.462 e. The van der Waals surface area contributed by atoms with Crippen LogP contribution in [-0.2, 0) is 33.6 Å². The van der Waals surface area contributed by atoms with Crippen LogP contribution in [0.4, 0.5) is 0 Å². The fraction of sp³-hybridized carbons (Fsp3) is 0.667. The molecule has 0 amide bonds. The summed E-state index contributed by atoms with van der Waals surface area (Å²) < 4.78 is 9.38. The van der Waals surface area contributed by atoms with Crippen LogP contribution >= 0.6 is 0 Å². The molecule has 7 nitrogen and oxygen atoms in total. The molecule has 0 fully saturated rings. The molecule has 0 saturated carbocycles. The molecule has 1 unspecified atom stereocenters. The summed E-state index contributed by atoms with van der Waals surface area (Å²) in [7, 11) is 0. The summed E-state index contributed by atoms with van der Waals surface area (Å²) in [4.78, 5) is 40.2. The van der Waals surface area contributed by atoms with Crippen molar-refractivity contribution in [3.63, 3.8) is 0 Å². The average molecular weight is 234 g/mol. The van der Waals surface area contributed by atoms with E-state index in [1.807, 2.05) is 0 Å². The lowest BCUT2D eigenvalue weighted by molar-refractivity contribution is -0.282. The Balaban J connectivity index is 3.94. The molecule has 1 atom stereocenters. The van der Waals surface area contributed by atoms with Crippen LogP contribution in [0.2, 0.25) is 0 Å². The van der Waals surface area contributed by atoms with Gasteiger partial charge in [0, 0.05) is 20.8 Å². The maximum Gasteiger partial charge on any atom is 0.339 e. The summed E-state index contributed by atoms with van der Waals surface area (Å²) in [6.07, 6.45) is -0.805. The molecular weight excluding hydrogens is 220 g/mol. The van der Waals surface area contributed by atoms with E-state index in [0.717, 1.165) is 6.92 Å². The van der Waals surface area contributed by atoms with E-state index in [1.54, 1.807) is 0 Å². The first-order chi connectivity index (χ1) is 7.41. The molecule has 0 rings (SSSR count). The lowest BCUT2D eigenvalue weighted by Crippen LogP contribution is -2.28. The molecule has 0 spiro atoms. The van der Waals surface area contributed by atoms with Crippen molar-refractivity contribution in [1.29, 1.82) is 0 Å². The molecule has 0 heterocycles. The number of rotatable bonds is 6. The topological polar surface area (TPSA) is 88.1 Å². The molecule has 0 N–H and O–H groups in total. The average Bonchev–Trinajstić information content (AvgIpc) is 2.12. The fourth-order valence-corrected chi connectivity index (χ4v) is 0.754. The highest BCUT2D eigenvalue weighted by Gasteiger charge is 2.15. The molecule has 0 bridgehead atoms. The number of ether oxygens (including phenoxy) is 2. The van der Waals surface area contributed by atoms with Crippen molar-refractivity contribution in [2.45, 2.75) is 26.9 Å². The second-order valence-corrected chi connectivity index (χ2v) is 2.89. The number of hydrogen-bond acceptors (Lipinski definition) is 7. The molecule has 0 aromatic heterocycles. The highest BCUT2D eigenvalue weighted by molar-refractivity contribution is 5.67. The number of carbonyl (C=O) groups is 3. The third kappa shape index (κ3) is 8.95. The van der Waals surface area contributed by atoms with Crippen molar-refractivity contribution in [3.05, 3.63) is 0 Å². The fourth-order valence-electron chi connectivity index (χ4n) is 0.754. The van der Waals surface area contributed by atoms with Gasteiger partial charge in [0.1, 0.15) is 13.2 Å². The van der Waals surface area contributed by atoms with Gasteiger partial charge in [-0.2, -0.15) is 4.89 Å². The minimum absolute atomic E-state index is 0.157. The molecule has 16 heavy (non-hydrogen) atoms. The Labute approximate surface area is 92.5 Å². The van der Waals surface area contributed by atoms with Crippen LogP contribution in [0.25, 0.3) is 0 Å². The predicted octanol–water partition coefficient (Wildman–Crippen LogP) is -0.0241. The van der Waals surface area contributed by atoms with E-state index in [1.165, 1.54) is 13.8 Å². The molecule has 0 aliphatic carbocycles. The van der Waals surface area contributed by atoms with E-state index >= 15 is 0 Å². The zero-order chi connectivity index (χ0) is 12.6.